The number of likely N-dealkylation sites (tertiary alicyclic amines) is 1. The van der Waals surface area contributed by atoms with Gasteiger partial charge in [0.1, 0.15) is 5.82 Å². The lowest BCUT2D eigenvalue weighted by molar-refractivity contribution is 0.0685. The van der Waals surface area contributed by atoms with Crippen LogP contribution in [-0.2, 0) is 4.74 Å². The number of anilines is 1. The van der Waals surface area contributed by atoms with Crippen LogP contribution in [-0.4, -0.2) is 61.7 Å². The molecule has 2 rings (SSSR count). The number of carbonyl (C=O) groups excluding carboxylic acids is 2. The van der Waals surface area contributed by atoms with Crippen molar-refractivity contribution in [3.63, 3.8) is 0 Å². The van der Waals surface area contributed by atoms with Gasteiger partial charge >= 0.3 is 6.09 Å². The van der Waals surface area contributed by atoms with Crippen LogP contribution in [0.3, 0.4) is 0 Å². The minimum Gasteiger partial charge on any atom is -0.450 e. The lowest BCUT2D eigenvalue weighted by Crippen LogP contribution is -2.49. The van der Waals surface area contributed by atoms with Crippen molar-refractivity contribution in [2.45, 2.75) is 25.8 Å². The first kappa shape index (κ1) is 17.1. The molecule has 1 saturated heterocycles. The van der Waals surface area contributed by atoms with Gasteiger partial charge in [-0.05, 0) is 31.9 Å². The van der Waals surface area contributed by atoms with Gasteiger partial charge in [0.05, 0.1) is 12.2 Å². The van der Waals surface area contributed by atoms with Crippen molar-refractivity contribution in [1.29, 1.82) is 0 Å². The third-order valence-electron chi connectivity index (χ3n) is 3.76. The highest BCUT2D eigenvalue weighted by Gasteiger charge is 2.26. The van der Waals surface area contributed by atoms with E-state index in [2.05, 4.69) is 10.3 Å². The smallest absolute Gasteiger partial charge is 0.407 e. The molecule has 0 saturated carbocycles. The number of amides is 2. The minimum absolute atomic E-state index is 0.0573. The molecule has 7 nitrogen and oxygen atoms in total. The van der Waals surface area contributed by atoms with Crippen LogP contribution < -0.4 is 10.2 Å². The highest BCUT2D eigenvalue weighted by Crippen LogP contribution is 2.15. The molecule has 1 atom stereocenters. The lowest BCUT2D eigenvalue weighted by atomic mass is 10.0. The molecule has 0 aliphatic carbocycles. The number of pyridine rings is 1. The Morgan fingerprint density at radius 1 is 1.43 bits per heavy atom. The number of hydrogen-bond acceptors (Lipinski definition) is 5. The number of carbonyl (C=O) groups is 2. The Hall–Kier alpha value is -2.31. The van der Waals surface area contributed by atoms with Gasteiger partial charge in [0, 0.05) is 39.4 Å². The summed E-state index contributed by atoms with van der Waals surface area (Å²) in [6, 6.07) is 3.54. The fourth-order valence-electron chi connectivity index (χ4n) is 2.58. The number of piperidine rings is 1. The fraction of sp³-hybridized carbons (Fsp3) is 0.562. The van der Waals surface area contributed by atoms with Gasteiger partial charge in [-0.25, -0.2) is 9.78 Å². The molecule has 2 heterocycles. The largest absolute Gasteiger partial charge is 0.450 e. The summed E-state index contributed by atoms with van der Waals surface area (Å²) in [5.74, 6) is 0.750. The van der Waals surface area contributed by atoms with Gasteiger partial charge in [-0.3, -0.25) is 4.79 Å². The van der Waals surface area contributed by atoms with E-state index in [-0.39, 0.29) is 11.9 Å². The number of nitrogens with one attached hydrogen (secondary N) is 1. The first-order valence-corrected chi connectivity index (χ1v) is 7.87. The molecule has 0 aromatic carbocycles. The topological polar surface area (TPSA) is 74.8 Å². The zero-order chi connectivity index (χ0) is 16.8. The van der Waals surface area contributed by atoms with E-state index in [0.717, 1.165) is 18.7 Å². The van der Waals surface area contributed by atoms with E-state index in [1.54, 1.807) is 24.1 Å². The van der Waals surface area contributed by atoms with Gasteiger partial charge in [-0.2, -0.15) is 0 Å². The standard InChI is InChI=1S/C16H24N4O3/c1-4-23-16(22)18-13-6-5-9-20(11-13)15(21)12-7-8-14(17-10-12)19(2)3/h7-8,10,13H,4-6,9,11H2,1-3H3,(H,18,22)/t13-/m0/s1. The van der Waals surface area contributed by atoms with E-state index >= 15 is 0 Å². The van der Waals surface area contributed by atoms with Gasteiger partial charge in [-0.15, -0.1) is 0 Å². The number of nitrogens with zero attached hydrogens (tertiary/aromatic N) is 3. The zero-order valence-electron chi connectivity index (χ0n) is 13.9. The quantitative estimate of drug-likeness (QED) is 0.910. The predicted molar refractivity (Wildman–Crippen MR) is 87.6 cm³/mol. The van der Waals surface area contributed by atoms with E-state index in [9.17, 15) is 9.59 Å². The fourth-order valence-corrected chi connectivity index (χ4v) is 2.58. The second-order valence-electron chi connectivity index (χ2n) is 5.75. The Bertz CT molecular complexity index is 545. The van der Waals surface area contributed by atoms with Crippen molar-refractivity contribution in [1.82, 2.24) is 15.2 Å². The third kappa shape index (κ3) is 4.58. The van der Waals surface area contributed by atoms with Crippen LogP contribution in [0.2, 0.25) is 0 Å². The normalized spacial score (nSPS) is 17.5. The predicted octanol–water partition coefficient (Wildman–Crippen LogP) is 1.50. The summed E-state index contributed by atoms with van der Waals surface area (Å²) in [5.41, 5.74) is 0.562. The van der Waals surface area contributed by atoms with Crippen molar-refractivity contribution in [3.05, 3.63) is 23.9 Å². The van der Waals surface area contributed by atoms with E-state index in [1.165, 1.54) is 0 Å². The molecule has 1 aliphatic rings. The Kier molecular flexibility index (Phi) is 5.78. The molecule has 0 spiro atoms. The molecule has 0 radical (unpaired) electrons. The number of ether oxygens (including phenoxy) is 1. The summed E-state index contributed by atoms with van der Waals surface area (Å²) in [6.07, 6.45) is 2.87. The summed E-state index contributed by atoms with van der Waals surface area (Å²) < 4.78 is 4.89. The number of aromatic nitrogens is 1. The molecule has 1 N–H and O–H groups in total. The molecule has 126 valence electrons. The summed E-state index contributed by atoms with van der Waals surface area (Å²) >= 11 is 0. The van der Waals surface area contributed by atoms with Crippen molar-refractivity contribution >= 4 is 17.8 Å². The SMILES string of the molecule is CCOC(=O)N[C@H]1CCCN(C(=O)c2ccc(N(C)C)nc2)C1. The maximum Gasteiger partial charge on any atom is 0.407 e. The molecular formula is C16H24N4O3. The van der Waals surface area contributed by atoms with E-state index in [1.807, 2.05) is 25.1 Å². The molecule has 23 heavy (non-hydrogen) atoms. The van der Waals surface area contributed by atoms with Gasteiger partial charge < -0.3 is 19.9 Å². The van der Waals surface area contributed by atoms with Gasteiger partial charge in [0.25, 0.3) is 5.91 Å². The van der Waals surface area contributed by atoms with Gasteiger partial charge in [0.15, 0.2) is 0 Å². The van der Waals surface area contributed by atoms with Crippen molar-refractivity contribution in [2.75, 3.05) is 38.7 Å². The average molecular weight is 320 g/mol. The Morgan fingerprint density at radius 2 is 2.22 bits per heavy atom. The second kappa shape index (κ2) is 7.80. The second-order valence-corrected chi connectivity index (χ2v) is 5.75. The highest BCUT2D eigenvalue weighted by molar-refractivity contribution is 5.94. The van der Waals surface area contributed by atoms with Crippen LogP contribution in [0.4, 0.5) is 10.6 Å². The van der Waals surface area contributed by atoms with Gasteiger partial charge in [0.2, 0.25) is 0 Å². The monoisotopic (exact) mass is 320 g/mol. The lowest BCUT2D eigenvalue weighted by Gasteiger charge is -2.33. The summed E-state index contributed by atoms with van der Waals surface area (Å²) in [6.45, 7) is 3.29. The van der Waals surface area contributed by atoms with E-state index in [0.29, 0.717) is 25.3 Å². The molecule has 2 amide bonds. The first-order chi connectivity index (χ1) is 11.0. The van der Waals surface area contributed by atoms with Crippen molar-refractivity contribution in [3.8, 4) is 0 Å². The number of rotatable bonds is 4. The molecule has 1 fully saturated rings. The first-order valence-electron chi connectivity index (χ1n) is 7.87. The van der Waals surface area contributed by atoms with Crippen LogP contribution in [0.5, 0.6) is 0 Å². The molecule has 1 aromatic heterocycles. The van der Waals surface area contributed by atoms with Gasteiger partial charge in [-0.1, -0.05) is 0 Å². The molecule has 1 aliphatic heterocycles. The minimum atomic E-state index is -0.427. The zero-order valence-corrected chi connectivity index (χ0v) is 13.9. The molecule has 1 aromatic rings. The highest BCUT2D eigenvalue weighted by atomic mass is 16.5. The van der Waals surface area contributed by atoms with E-state index < -0.39 is 6.09 Å². The summed E-state index contributed by atoms with van der Waals surface area (Å²) in [5, 5.41) is 2.80. The number of hydrogen-bond donors (Lipinski definition) is 1. The third-order valence-corrected chi connectivity index (χ3v) is 3.76. The molecule has 7 heteroatoms. The maximum absolute atomic E-state index is 12.6. The van der Waals surface area contributed by atoms with Crippen molar-refractivity contribution in [2.24, 2.45) is 0 Å². The molecular weight excluding hydrogens is 296 g/mol. The average Bonchev–Trinajstić information content (AvgIpc) is 2.54. The van der Waals surface area contributed by atoms with Crippen LogP contribution in [0.25, 0.3) is 0 Å². The molecule has 0 bridgehead atoms. The Morgan fingerprint density at radius 3 is 2.83 bits per heavy atom. The van der Waals surface area contributed by atoms with Crippen LogP contribution in [0.1, 0.15) is 30.1 Å². The van der Waals surface area contributed by atoms with Crippen LogP contribution in [0.15, 0.2) is 18.3 Å². The Labute approximate surface area is 136 Å². The summed E-state index contributed by atoms with van der Waals surface area (Å²) in [7, 11) is 3.81. The Balaban J connectivity index is 1.97. The summed E-state index contributed by atoms with van der Waals surface area (Å²) in [4.78, 5) is 32.0. The van der Waals surface area contributed by atoms with Crippen LogP contribution in [0, 0.1) is 0 Å². The maximum atomic E-state index is 12.6. The van der Waals surface area contributed by atoms with Crippen molar-refractivity contribution < 1.29 is 14.3 Å². The molecule has 0 unspecified atom stereocenters. The van der Waals surface area contributed by atoms with E-state index in [4.69, 9.17) is 4.74 Å². The van der Waals surface area contributed by atoms with Crippen LogP contribution >= 0.6 is 0 Å². The number of alkyl carbamates (subject to hydrolysis) is 1.